The number of ether oxygens (including phenoxy) is 2. The smallest absolute Gasteiger partial charge is 0.227 e. The summed E-state index contributed by atoms with van der Waals surface area (Å²) in [5, 5.41) is 9.83. The van der Waals surface area contributed by atoms with E-state index in [2.05, 4.69) is 13.8 Å². The van der Waals surface area contributed by atoms with Gasteiger partial charge in [0, 0.05) is 17.8 Å². The Morgan fingerprint density at radius 1 is 0.885 bits per heavy atom. The van der Waals surface area contributed by atoms with E-state index in [0.717, 1.165) is 32.3 Å². The van der Waals surface area contributed by atoms with Gasteiger partial charge in [0.25, 0.3) is 0 Å². The van der Waals surface area contributed by atoms with E-state index in [1.807, 2.05) is 0 Å². The van der Waals surface area contributed by atoms with Gasteiger partial charge in [-0.05, 0) is 40.0 Å². The zero-order valence-corrected chi connectivity index (χ0v) is 16.7. The Kier molecular flexibility index (Phi) is 10.3. The molecule has 0 aliphatic heterocycles. The number of methoxy groups -OCH3 is 1. The van der Waals surface area contributed by atoms with Crippen molar-refractivity contribution < 1.29 is 24.2 Å². The highest BCUT2D eigenvalue weighted by atomic mass is 16.5. The molecule has 5 nitrogen and oxygen atoms in total. The van der Waals surface area contributed by atoms with E-state index in [9.17, 15) is 14.7 Å². The molecule has 26 heavy (non-hydrogen) atoms. The fraction of sp³-hybridized carbons (Fsp3) is 0.714. The van der Waals surface area contributed by atoms with Crippen molar-refractivity contribution in [3.8, 4) is 0 Å². The number of hydrogen-bond donors (Lipinski definition) is 1. The van der Waals surface area contributed by atoms with Crippen molar-refractivity contribution in [1.29, 1.82) is 0 Å². The first-order valence-corrected chi connectivity index (χ1v) is 9.78. The first kappa shape index (κ1) is 22.4. The molecule has 148 valence electrons. The van der Waals surface area contributed by atoms with Gasteiger partial charge in [-0.1, -0.05) is 38.5 Å². The summed E-state index contributed by atoms with van der Waals surface area (Å²) in [6.07, 6.45) is 9.84. The number of carbonyl (C=O) groups is 2. The lowest BCUT2D eigenvalue weighted by atomic mass is 9.89. The first-order valence-electron chi connectivity index (χ1n) is 9.78. The minimum absolute atomic E-state index is 0.241. The lowest BCUT2D eigenvalue weighted by Gasteiger charge is -2.18. The minimum atomic E-state index is -0.556. The maximum absolute atomic E-state index is 12.2. The quantitative estimate of drug-likeness (QED) is 0.374. The summed E-state index contributed by atoms with van der Waals surface area (Å²) in [5.74, 6) is -1.65. The molecule has 0 bridgehead atoms. The van der Waals surface area contributed by atoms with Crippen LogP contribution in [0, 0.1) is 0 Å². The highest BCUT2D eigenvalue weighted by Crippen LogP contribution is 2.27. The van der Waals surface area contributed by atoms with Crippen molar-refractivity contribution in [3.63, 3.8) is 0 Å². The van der Waals surface area contributed by atoms with Gasteiger partial charge in [-0.3, -0.25) is 9.59 Å². The molecule has 0 saturated heterocycles. The molecule has 0 saturated carbocycles. The Labute approximate surface area is 157 Å². The van der Waals surface area contributed by atoms with E-state index in [1.54, 1.807) is 6.92 Å². The van der Waals surface area contributed by atoms with Crippen molar-refractivity contribution in [2.24, 2.45) is 0 Å². The predicted octanol–water partition coefficient (Wildman–Crippen LogP) is 4.81. The summed E-state index contributed by atoms with van der Waals surface area (Å²) in [5.41, 5.74) is 0.826. The Morgan fingerprint density at radius 2 is 1.42 bits per heavy atom. The van der Waals surface area contributed by atoms with Crippen LogP contribution in [-0.4, -0.2) is 36.5 Å². The Morgan fingerprint density at radius 3 is 1.96 bits per heavy atom. The van der Waals surface area contributed by atoms with Gasteiger partial charge < -0.3 is 14.6 Å². The van der Waals surface area contributed by atoms with Crippen molar-refractivity contribution in [3.05, 3.63) is 22.7 Å². The summed E-state index contributed by atoms with van der Waals surface area (Å²) in [4.78, 5) is 24.3. The van der Waals surface area contributed by atoms with Gasteiger partial charge in [-0.2, -0.15) is 0 Å². The number of allylic oxidation sites excluding steroid dienone is 2. The molecule has 0 aromatic heterocycles. The molecule has 0 radical (unpaired) electrons. The average Bonchev–Trinajstić information content (AvgIpc) is 2.60. The van der Waals surface area contributed by atoms with Crippen molar-refractivity contribution >= 4 is 11.6 Å². The number of rotatable bonds is 13. The lowest BCUT2D eigenvalue weighted by Crippen LogP contribution is -2.24. The van der Waals surface area contributed by atoms with E-state index in [4.69, 9.17) is 9.47 Å². The maximum atomic E-state index is 12.2. The van der Waals surface area contributed by atoms with Crippen LogP contribution in [0.5, 0.6) is 0 Å². The van der Waals surface area contributed by atoms with Crippen molar-refractivity contribution in [1.82, 2.24) is 0 Å². The SMILES string of the molecule is COC1=C(O)C(=O)C(CCCCCCCCCCOC(C)C)=C(C)C1=O. The summed E-state index contributed by atoms with van der Waals surface area (Å²) >= 11 is 0. The molecule has 1 aliphatic carbocycles. The molecule has 0 atom stereocenters. The summed E-state index contributed by atoms with van der Waals surface area (Å²) in [6.45, 7) is 6.60. The van der Waals surface area contributed by atoms with Gasteiger partial charge in [0.05, 0.1) is 13.2 Å². The molecule has 0 aromatic rings. The predicted molar refractivity (Wildman–Crippen MR) is 102 cm³/mol. The van der Waals surface area contributed by atoms with E-state index < -0.39 is 11.5 Å². The van der Waals surface area contributed by atoms with Gasteiger partial charge in [0.1, 0.15) is 0 Å². The third-order valence-electron chi connectivity index (χ3n) is 4.68. The molecule has 0 amide bonds. The van der Waals surface area contributed by atoms with Crippen LogP contribution in [0.4, 0.5) is 0 Å². The molecular weight excluding hydrogens is 332 g/mol. The van der Waals surface area contributed by atoms with E-state index in [-0.39, 0.29) is 11.5 Å². The zero-order chi connectivity index (χ0) is 19.5. The second kappa shape index (κ2) is 11.9. The minimum Gasteiger partial charge on any atom is -0.501 e. The number of aliphatic hydroxyl groups is 1. The molecule has 0 unspecified atom stereocenters. The van der Waals surface area contributed by atoms with Crippen LogP contribution < -0.4 is 0 Å². The molecule has 0 fully saturated rings. The van der Waals surface area contributed by atoms with Crippen molar-refractivity contribution in [2.45, 2.75) is 84.7 Å². The van der Waals surface area contributed by atoms with Gasteiger partial charge in [0.15, 0.2) is 0 Å². The normalized spacial score (nSPS) is 15.4. The average molecular weight is 366 g/mol. The first-order chi connectivity index (χ1) is 12.4. The van der Waals surface area contributed by atoms with E-state index in [1.165, 1.54) is 32.8 Å². The largest absolute Gasteiger partial charge is 0.501 e. The van der Waals surface area contributed by atoms with Crippen LogP contribution >= 0.6 is 0 Å². The molecule has 0 aromatic carbocycles. The van der Waals surface area contributed by atoms with Crippen LogP contribution in [0.15, 0.2) is 22.7 Å². The van der Waals surface area contributed by atoms with E-state index in [0.29, 0.717) is 23.7 Å². The molecule has 1 rings (SSSR count). The fourth-order valence-electron chi connectivity index (χ4n) is 3.11. The number of unbranched alkanes of at least 4 members (excludes halogenated alkanes) is 7. The third-order valence-corrected chi connectivity index (χ3v) is 4.68. The Balaban J connectivity index is 2.17. The van der Waals surface area contributed by atoms with Gasteiger partial charge in [0.2, 0.25) is 23.1 Å². The molecule has 0 spiro atoms. The topological polar surface area (TPSA) is 72.8 Å². The molecule has 1 N–H and O–H groups in total. The summed E-state index contributed by atoms with van der Waals surface area (Å²) in [7, 11) is 1.28. The Bertz CT molecular complexity index is 543. The maximum Gasteiger partial charge on any atom is 0.227 e. The van der Waals surface area contributed by atoms with E-state index >= 15 is 0 Å². The highest BCUT2D eigenvalue weighted by Gasteiger charge is 2.32. The van der Waals surface area contributed by atoms with Gasteiger partial charge >= 0.3 is 0 Å². The second-order valence-corrected chi connectivity index (χ2v) is 7.14. The monoisotopic (exact) mass is 366 g/mol. The summed E-state index contributed by atoms with van der Waals surface area (Å²) in [6, 6.07) is 0. The molecule has 1 aliphatic rings. The highest BCUT2D eigenvalue weighted by molar-refractivity contribution is 6.23. The number of Topliss-reactive ketones (excluding diaryl/α,β-unsaturated/α-hetero) is 2. The number of aliphatic hydroxyl groups excluding tert-OH is 1. The fourth-order valence-corrected chi connectivity index (χ4v) is 3.11. The Hall–Kier alpha value is -1.62. The third kappa shape index (κ3) is 6.94. The standard InChI is InChI=1S/C21H34O5/c1-15(2)26-14-12-10-8-6-5-7-9-11-13-17-16(3)18(22)21(25-4)20(24)19(17)23/h15,24H,5-14H2,1-4H3. The van der Waals surface area contributed by atoms with Crippen LogP contribution in [0.25, 0.3) is 0 Å². The molecular formula is C21H34O5. The number of carbonyl (C=O) groups excluding carboxylic acids is 2. The number of ketones is 2. The van der Waals surface area contributed by atoms with Crippen LogP contribution in [0.3, 0.4) is 0 Å². The summed E-state index contributed by atoms with van der Waals surface area (Å²) < 4.78 is 10.4. The molecule has 0 heterocycles. The van der Waals surface area contributed by atoms with Gasteiger partial charge in [-0.25, -0.2) is 0 Å². The zero-order valence-electron chi connectivity index (χ0n) is 16.7. The number of hydrogen-bond acceptors (Lipinski definition) is 5. The van der Waals surface area contributed by atoms with Crippen LogP contribution in [0.1, 0.15) is 78.6 Å². The molecule has 5 heteroatoms. The van der Waals surface area contributed by atoms with Crippen LogP contribution in [-0.2, 0) is 19.1 Å². The van der Waals surface area contributed by atoms with Crippen LogP contribution in [0.2, 0.25) is 0 Å². The van der Waals surface area contributed by atoms with Crippen molar-refractivity contribution in [2.75, 3.05) is 13.7 Å². The second-order valence-electron chi connectivity index (χ2n) is 7.14. The lowest BCUT2D eigenvalue weighted by molar-refractivity contribution is -0.120. The van der Waals surface area contributed by atoms with Gasteiger partial charge in [-0.15, -0.1) is 0 Å².